The number of rotatable bonds is 6. The minimum Gasteiger partial charge on any atom is -0.467 e. The second-order valence-corrected chi connectivity index (χ2v) is 8.83. The minimum absolute atomic E-state index is 0.0401. The summed E-state index contributed by atoms with van der Waals surface area (Å²) in [5.74, 6) is -0.637. The molecule has 1 aromatic rings. The molecule has 7 nitrogen and oxygen atoms in total. The number of amides is 1. The maximum absolute atomic E-state index is 12.6. The lowest BCUT2D eigenvalue weighted by molar-refractivity contribution is -0.143. The molecule has 3 N–H and O–H groups in total. The maximum Gasteiger partial charge on any atom is 0.328 e. The van der Waals surface area contributed by atoms with E-state index in [9.17, 15) is 18.0 Å². The van der Waals surface area contributed by atoms with Gasteiger partial charge in [0.05, 0.1) is 17.6 Å². The van der Waals surface area contributed by atoms with E-state index in [2.05, 4.69) is 5.32 Å². The van der Waals surface area contributed by atoms with Crippen molar-refractivity contribution in [1.29, 1.82) is 0 Å². The number of benzene rings is 1. The van der Waals surface area contributed by atoms with E-state index in [0.717, 1.165) is 31.9 Å². The van der Waals surface area contributed by atoms with Gasteiger partial charge in [-0.3, -0.25) is 4.79 Å². The van der Waals surface area contributed by atoms with E-state index in [0.29, 0.717) is 12.3 Å². The molecule has 0 spiro atoms. The Hall–Kier alpha value is -2.09. The minimum atomic E-state index is -3.41. The SMILES string of the molecule is COC(=O)C(CC1CCCCC1)NC(=O)c1ccc(S(C)(=O)=O)cc1N. The zero-order valence-corrected chi connectivity index (χ0v) is 16.0. The van der Waals surface area contributed by atoms with Crippen LogP contribution in [0.1, 0.15) is 48.9 Å². The molecular formula is C18H26N2O5S. The molecule has 144 valence electrons. The fourth-order valence-electron chi connectivity index (χ4n) is 3.33. The largest absolute Gasteiger partial charge is 0.467 e. The molecule has 0 aliphatic heterocycles. The van der Waals surface area contributed by atoms with Crippen LogP contribution in [0, 0.1) is 5.92 Å². The third-order valence-electron chi connectivity index (χ3n) is 4.78. The average molecular weight is 382 g/mol. The lowest BCUT2D eigenvalue weighted by Crippen LogP contribution is -2.43. The Balaban J connectivity index is 2.14. The van der Waals surface area contributed by atoms with Crippen LogP contribution in [0.25, 0.3) is 0 Å². The molecule has 1 unspecified atom stereocenters. The first-order chi connectivity index (χ1) is 12.2. The third-order valence-corrected chi connectivity index (χ3v) is 5.89. The summed E-state index contributed by atoms with van der Waals surface area (Å²) in [6.45, 7) is 0. The van der Waals surface area contributed by atoms with Gasteiger partial charge in [0.25, 0.3) is 5.91 Å². The molecule has 1 saturated carbocycles. The second-order valence-electron chi connectivity index (χ2n) is 6.81. The number of nitrogens with two attached hydrogens (primary N) is 1. The summed E-state index contributed by atoms with van der Waals surface area (Å²) in [5.41, 5.74) is 6.03. The summed E-state index contributed by atoms with van der Waals surface area (Å²) >= 11 is 0. The van der Waals surface area contributed by atoms with Crippen molar-refractivity contribution >= 4 is 27.4 Å². The van der Waals surface area contributed by atoms with E-state index in [1.807, 2.05) is 0 Å². The van der Waals surface area contributed by atoms with Crippen LogP contribution in [0.4, 0.5) is 5.69 Å². The molecule has 1 fully saturated rings. The molecule has 0 heterocycles. The molecular weight excluding hydrogens is 356 g/mol. The maximum atomic E-state index is 12.6. The first-order valence-corrected chi connectivity index (χ1v) is 10.6. The van der Waals surface area contributed by atoms with Crippen molar-refractivity contribution in [2.75, 3.05) is 19.1 Å². The van der Waals surface area contributed by atoms with Crippen LogP contribution in [0.15, 0.2) is 23.1 Å². The fourth-order valence-corrected chi connectivity index (χ4v) is 3.98. The number of nitrogens with one attached hydrogen (secondary N) is 1. The highest BCUT2D eigenvalue weighted by Gasteiger charge is 2.27. The molecule has 0 bridgehead atoms. The molecule has 0 saturated heterocycles. The topological polar surface area (TPSA) is 116 Å². The van der Waals surface area contributed by atoms with E-state index >= 15 is 0 Å². The van der Waals surface area contributed by atoms with Crippen LogP contribution in [-0.2, 0) is 19.4 Å². The smallest absolute Gasteiger partial charge is 0.328 e. The van der Waals surface area contributed by atoms with Crippen molar-refractivity contribution in [3.8, 4) is 0 Å². The van der Waals surface area contributed by atoms with Gasteiger partial charge >= 0.3 is 5.97 Å². The number of anilines is 1. The molecule has 8 heteroatoms. The van der Waals surface area contributed by atoms with Crippen molar-refractivity contribution in [2.45, 2.75) is 49.5 Å². The first kappa shape index (κ1) is 20.2. The van der Waals surface area contributed by atoms with Gasteiger partial charge in [-0.1, -0.05) is 32.1 Å². The highest BCUT2D eigenvalue weighted by Crippen LogP contribution is 2.28. The highest BCUT2D eigenvalue weighted by atomic mass is 32.2. The summed E-state index contributed by atoms with van der Waals surface area (Å²) in [5, 5.41) is 2.69. The predicted octanol–water partition coefficient (Wildman–Crippen LogP) is 1.91. The molecule has 1 aliphatic carbocycles. The number of ether oxygens (including phenoxy) is 1. The van der Waals surface area contributed by atoms with Gasteiger partial charge in [0, 0.05) is 11.9 Å². The van der Waals surface area contributed by atoms with Crippen LogP contribution < -0.4 is 11.1 Å². The quantitative estimate of drug-likeness (QED) is 0.574. The Morgan fingerprint density at radius 3 is 2.46 bits per heavy atom. The molecule has 1 aliphatic rings. The fraction of sp³-hybridized carbons (Fsp3) is 0.556. The summed E-state index contributed by atoms with van der Waals surface area (Å²) in [4.78, 5) is 24.7. The van der Waals surface area contributed by atoms with Crippen LogP contribution in [0.2, 0.25) is 0 Å². The first-order valence-electron chi connectivity index (χ1n) is 8.70. The molecule has 1 atom stereocenters. The summed E-state index contributed by atoms with van der Waals surface area (Å²) in [6.07, 6.45) is 7.13. The molecule has 0 radical (unpaired) electrons. The van der Waals surface area contributed by atoms with Gasteiger partial charge in [-0.2, -0.15) is 0 Å². The van der Waals surface area contributed by atoms with E-state index in [-0.39, 0.29) is 16.1 Å². The highest BCUT2D eigenvalue weighted by molar-refractivity contribution is 7.90. The Morgan fingerprint density at radius 2 is 1.92 bits per heavy atom. The molecule has 0 aromatic heterocycles. The number of carbonyl (C=O) groups excluding carboxylic acids is 2. The van der Waals surface area contributed by atoms with Crippen molar-refractivity contribution in [1.82, 2.24) is 5.32 Å². The molecule has 1 amide bonds. The number of sulfone groups is 1. The standard InChI is InChI=1S/C18H26N2O5S/c1-25-18(22)16(10-12-6-4-3-5-7-12)20-17(21)14-9-8-13(11-15(14)19)26(2,23)24/h8-9,11-12,16H,3-7,10,19H2,1-2H3,(H,20,21). The molecule has 2 rings (SSSR count). The van der Waals surface area contributed by atoms with Gasteiger partial charge in [0.2, 0.25) is 0 Å². The van der Waals surface area contributed by atoms with Gasteiger partial charge in [-0.15, -0.1) is 0 Å². The van der Waals surface area contributed by atoms with Crippen LogP contribution in [0.5, 0.6) is 0 Å². The van der Waals surface area contributed by atoms with Gasteiger partial charge in [0.1, 0.15) is 6.04 Å². The van der Waals surface area contributed by atoms with E-state index in [4.69, 9.17) is 10.5 Å². The predicted molar refractivity (Wildman–Crippen MR) is 98.4 cm³/mol. The zero-order valence-electron chi connectivity index (χ0n) is 15.2. The number of esters is 1. The summed E-state index contributed by atoms with van der Waals surface area (Å²) in [6, 6.07) is 3.19. The van der Waals surface area contributed by atoms with Gasteiger partial charge in [0.15, 0.2) is 9.84 Å². The van der Waals surface area contributed by atoms with Crippen molar-refractivity contribution in [3.05, 3.63) is 23.8 Å². The van der Waals surface area contributed by atoms with Gasteiger partial charge in [-0.25, -0.2) is 13.2 Å². The van der Waals surface area contributed by atoms with E-state index in [1.165, 1.54) is 31.7 Å². The molecule has 1 aromatic carbocycles. The lowest BCUT2D eigenvalue weighted by Gasteiger charge is -2.26. The van der Waals surface area contributed by atoms with Crippen molar-refractivity contribution < 1.29 is 22.7 Å². The van der Waals surface area contributed by atoms with Crippen LogP contribution in [0.3, 0.4) is 0 Å². The van der Waals surface area contributed by atoms with Crippen LogP contribution in [-0.4, -0.2) is 39.7 Å². The number of carbonyl (C=O) groups is 2. The number of methoxy groups -OCH3 is 1. The Morgan fingerprint density at radius 1 is 1.27 bits per heavy atom. The van der Waals surface area contributed by atoms with E-state index < -0.39 is 27.8 Å². The second kappa shape index (κ2) is 8.53. The average Bonchev–Trinajstić information content (AvgIpc) is 2.60. The number of hydrogen-bond donors (Lipinski definition) is 2. The summed E-state index contributed by atoms with van der Waals surface area (Å²) in [7, 11) is -2.12. The lowest BCUT2D eigenvalue weighted by atomic mass is 9.84. The monoisotopic (exact) mass is 382 g/mol. The summed E-state index contributed by atoms with van der Waals surface area (Å²) < 4.78 is 28.0. The van der Waals surface area contributed by atoms with E-state index in [1.54, 1.807) is 0 Å². The Bertz CT molecular complexity index is 770. The van der Waals surface area contributed by atoms with Crippen LogP contribution >= 0.6 is 0 Å². The zero-order chi connectivity index (χ0) is 19.3. The van der Waals surface area contributed by atoms with Crippen molar-refractivity contribution in [2.24, 2.45) is 5.92 Å². The Kier molecular flexibility index (Phi) is 6.63. The number of hydrogen-bond acceptors (Lipinski definition) is 6. The number of nitrogen functional groups attached to an aromatic ring is 1. The van der Waals surface area contributed by atoms with Crippen molar-refractivity contribution in [3.63, 3.8) is 0 Å². The van der Waals surface area contributed by atoms with Gasteiger partial charge in [-0.05, 0) is 30.5 Å². The van der Waals surface area contributed by atoms with Gasteiger partial charge < -0.3 is 15.8 Å². The Labute approximate surface area is 154 Å². The molecule has 26 heavy (non-hydrogen) atoms. The normalized spacial score (nSPS) is 16.7. The third kappa shape index (κ3) is 5.20.